The maximum atomic E-state index is 12.1. The van der Waals surface area contributed by atoms with Gasteiger partial charge in [-0.3, -0.25) is 0 Å². The first-order chi connectivity index (χ1) is 16.4. The van der Waals surface area contributed by atoms with Gasteiger partial charge in [-0.15, -0.1) is 10.1 Å². The quantitative estimate of drug-likeness (QED) is 0.0573. The number of hydrogen-bond acceptors (Lipinski definition) is 6. The van der Waals surface area contributed by atoms with E-state index in [0.29, 0.717) is 6.42 Å². The molecule has 0 radical (unpaired) electrons. The summed E-state index contributed by atoms with van der Waals surface area (Å²) in [7, 11) is -1.98. The third-order valence-electron chi connectivity index (χ3n) is 6.92. The van der Waals surface area contributed by atoms with E-state index in [2.05, 4.69) is 76.0 Å². The Balaban J connectivity index is 2.76. The predicted octanol–water partition coefficient (Wildman–Crippen LogP) is 7.33. The molecule has 1 saturated carbocycles. The van der Waals surface area contributed by atoms with Crippen LogP contribution in [-0.4, -0.2) is 38.2 Å². The summed E-state index contributed by atoms with van der Waals surface area (Å²) in [4.78, 5) is 26.7. The molecule has 1 rings (SSSR count). The van der Waals surface area contributed by atoms with Crippen molar-refractivity contribution in [2.75, 3.05) is 6.61 Å². The molecule has 0 aromatic rings. The summed E-state index contributed by atoms with van der Waals surface area (Å²) in [6.45, 7) is 14.6. The van der Waals surface area contributed by atoms with Crippen LogP contribution in [0.1, 0.15) is 86.0 Å². The van der Waals surface area contributed by atoms with Crippen molar-refractivity contribution in [1.82, 2.24) is 0 Å². The van der Waals surface area contributed by atoms with Crippen molar-refractivity contribution in [2.24, 2.45) is 5.92 Å². The maximum Gasteiger partial charge on any atom is 0.332 e. The molecule has 35 heavy (non-hydrogen) atoms. The molecule has 0 aromatic carbocycles. The number of ether oxygens (including phenoxy) is 1. The number of carbonyl (C=O) groups is 1. The molecule has 0 bridgehead atoms. The van der Waals surface area contributed by atoms with Crippen LogP contribution in [0.4, 0.5) is 0 Å². The average molecular weight is 510 g/mol. The zero-order valence-electron chi connectivity index (χ0n) is 22.9. The summed E-state index contributed by atoms with van der Waals surface area (Å²) in [6, 6.07) is 0. The van der Waals surface area contributed by atoms with Crippen LogP contribution in [0.25, 0.3) is 0 Å². The van der Waals surface area contributed by atoms with E-state index in [1.807, 2.05) is 6.92 Å². The number of nitrogens with zero attached hydrogens (tertiary/aromatic N) is 1. The molecular weight excluding hydrogens is 462 g/mol. The molecule has 0 spiro atoms. The van der Waals surface area contributed by atoms with Crippen molar-refractivity contribution in [3.05, 3.63) is 46.1 Å². The van der Waals surface area contributed by atoms with Gasteiger partial charge in [0.1, 0.15) is 6.10 Å². The highest BCUT2D eigenvalue weighted by Gasteiger charge is 2.43. The number of rotatable bonds is 15. The number of esters is 1. The van der Waals surface area contributed by atoms with Crippen molar-refractivity contribution in [2.45, 2.75) is 116 Å². The van der Waals surface area contributed by atoms with E-state index in [1.165, 1.54) is 32.1 Å². The van der Waals surface area contributed by atoms with Gasteiger partial charge in [-0.05, 0) is 44.3 Å². The van der Waals surface area contributed by atoms with Crippen molar-refractivity contribution in [1.29, 1.82) is 0 Å². The van der Waals surface area contributed by atoms with Gasteiger partial charge >= 0.3 is 5.97 Å². The Morgan fingerprint density at radius 3 is 2.46 bits per heavy atom. The molecule has 0 heterocycles. The minimum atomic E-state index is -1.98. The van der Waals surface area contributed by atoms with Gasteiger partial charge in [-0.25, -0.2) is 4.79 Å². The molecule has 0 aliphatic heterocycles. The molecule has 1 fully saturated rings. The van der Waals surface area contributed by atoms with Crippen LogP contribution in [0.3, 0.4) is 0 Å². The van der Waals surface area contributed by atoms with Crippen LogP contribution in [0.5, 0.6) is 0 Å². The largest absolute Gasteiger partial charge is 0.460 e. The van der Waals surface area contributed by atoms with E-state index < -0.39 is 32.1 Å². The molecule has 3 atom stereocenters. The van der Waals surface area contributed by atoms with Crippen molar-refractivity contribution in [3.63, 3.8) is 0 Å². The molecule has 7 nitrogen and oxygen atoms in total. The maximum absolute atomic E-state index is 12.1. The van der Waals surface area contributed by atoms with Gasteiger partial charge in [0.2, 0.25) is 0 Å². The van der Waals surface area contributed by atoms with E-state index in [1.54, 1.807) is 0 Å². The van der Waals surface area contributed by atoms with Gasteiger partial charge in [0, 0.05) is 18.4 Å². The Morgan fingerprint density at radius 2 is 1.83 bits per heavy atom. The fourth-order valence-corrected chi connectivity index (χ4v) is 5.21. The molecule has 0 N–H and O–H groups in total. The summed E-state index contributed by atoms with van der Waals surface area (Å²) in [5, 5.41) is 9.50. The normalized spacial score (nSPS) is 21.7. The van der Waals surface area contributed by atoms with E-state index in [0.717, 1.165) is 18.4 Å². The van der Waals surface area contributed by atoms with Crippen molar-refractivity contribution < 1.29 is 23.9 Å². The number of unbranched alkanes of at least 4 members (excludes halogenated alkanes) is 5. The first-order valence-corrected chi connectivity index (χ1v) is 15.9. The third kappa shape index (κ3) is 12.5. The molecule has 0 amide bonds. The van der Waals surface area contributed by atoms with E-state index in [9.17, 15) is 14.9 Å². The summed E-state index contributed by atoms with van der Waals surface area (Å²) >= 11 is 0. The molecule has 0 unspecified atom stereocenters. The second-order valence-corrected chi connectivity index (χ2v) is 15.8. The molecule has 1 aliphatic carbocycles. The average Bonchev–Trinajstić information content (AvgIpc) is 3.12. The van der Waals surface area contributed by atoms with E-state index in [-0.39, 0.29) is 17.1 Å². The highest BCUT2D eigenvalue weighted by molar-refractivity contribution is 6.74. The summed E-state index contributed by atoms with van der Waals surface area (Å²) in [5.74, 6) is -0.748. The minimum Gasteiger partial charge on any atom is -0.460 e. The summed E-state index contributed by atoms with van der Waals surface area (Å²) in [6.07, 6.45) is 18.9. The first-order valence-electron chi connectivity index (χ1n) is 13.0. The highest BCUT2D eigenvalue weighted by atomic mass is 28.4. The molecule has 200 valence electrons. The lowest BCUT2D eigenvalue weighted by atomic mass is 10.0. The van der Waals surface area contributed by atoms with Gasteiger partial charge in [0.15, 0.2) is 14.9 Å². The van der Waals surface area contributed by atoms with Gasteiger partial charge in [-0.2, -0.15) is 0 Å². The van der Waals surface area contributed by atoms with Crippen LogP contribution < -0.4 is 0 Å². The van der Waals surface area contributed by atoms with Crippen LogP contribution in [-0.2, 0) is 18.8 Å². The van der Waals surface area contributed by atoms with Crippen LogP contribution in [0.15, 0.2) is 36.0 Å². The zero-order chi connectivity index (χ0) is 26.5. The smallest absolute Gasteiger partial charge is 0.332 e. The standard InChI is InChI=1S/C27H47NO6Si/c1-8-9-10-11-12-13-14-15-16-22(2)17-18-23-19-24(34-35(6,7)27(3,4)5)20-25(23)33-26(29)21-32-28(30)31/h14-18,23-25H,8-13,19-21H2,1-7H3/b15-14+,18-17+,22-16+/t23-,24+,25-/m0/s1. The zero-order valence-corrected chi connectivity index (χ0v) is 23.9. The van der Waals surface area contributed by atoms with Gasteiger partial charge < -0.3 is 14.0 Å². The fraction of sp³-hybridized carbons (Fsp3) is 0.741. The predicted molar refractivity (Wildman–Crippen MR) is 143 cm³/mol. The third-order valence-corrected chi connectivity index (χ3v) is 11.5. The van der Waals surface area contributed by atoms with E-state index >= 15 is 0 Å². The number of allylic oxidation sites excluding steroid dienone is 5. The molecular formula is C27H47NO6Si. The van der Waals surface area contributed by atoms with Gasteiger partial charge in [0.25, 0.3) is 5.09 Å². The fourth-order valence-electron chi connectivity index (χ4n) is 3.83. The molecule has 1 aliphatic rings. The Labute approximate surface area is 213 Å². The highest BCUT2D eigenvalue weighted by Crippen LogP contribution is 2.41. The number of hydrogen-bond donors (Lipinski definition) is 0. The Hall–Kier alpha value is -1.93. The van der Waals surface area contributed by atoms with E-state index in [4.69, 9.17) is 9.16 Å². The molecule has 8 heteroatoms. The lowest BCUT2D eigenvalue weighted by Crippen LogP contribution is -2.43. The lowest BCUT2D eigenvalue weighted by molar-refractivity contribution is -0.754. The summed E-state index contributed by atoms with van der Waals surface area (Å²) < 4.78 is 12.2. The minimum absolute atomic E-state index is 0.0170. The Morgan fingerprint density at radius 1 is 1.14 bits per heavy atom. The second-order valence-electron chi connectivity index (χ2n) is 11.1. The van der Waals surface area contributed by atoms with Crippen LogP contribution >= 0.6 is 0 Å². The monoisotopic (exact) mass is 509 g/mol. The van der Waals surface area contributed by atoms with Gasteiger partial charge in [-0.1, -0.05) is 89.3 Å². The van der Waals surface area contributed by atoms with Crippen molar-refractivity contribution in [3.8, 4) is 0 Å². The topological polar surface area (TPSA) is 87.9 Å². The Kier molecular flexibility index (Phi) is 13.5. The molecule has 0 saturated heterocycles. The second kappa shape index (κ2) is 15.2. The lowest BCUT2D eigenvalue weighted by Gasteiger charge is -2.38. The number of carbonyl (C=O) groups excluding carboxylic acids is 1. The van der Waals surface area contributed by atoms with Crippen molar-refractivity contribution >= 4 is 14.3 Å². The SMILES string of the molecule is CCCCCCC/C=C/C=C(C)/C=C/[C@H]1C[C@@H](O[Si](C)(C)C(C)(C)C)C[C@@H]1OC(=O)CO[N+](=O)[O-]. The van der Waals surface area contributed by atoms with Crippen LogP contribution in [0.2, 0.25) is 18.1 Å². The first kappa shape index (κ1) is 31.1. The Bertz CT molecular complexity index is 753. The summed E-state index contributed by atoms with van der Waals surface area (Å²) in [5.41, 5.74) is 1.11. The van der Waals surface area contributed by atoms with Crippen LogP contribution in [0, 0.1) is 16.0 Å². The van der Waals surface area contributed by atoms with Gasteiger partial charge in [0.05, 0.1) is 0 Å². The molecule has 0 aromatic heterocycles.